The molecule has 108 valence electrons. The molecule has 0 amide bonds. The summed E-state index contributed by atoms with van der Waals surface area (Å²) in [5.41, 5.74) is 3.54. The number of nitrogens with zero attached hydrogens (tertiary/aromatic N) is 1. The number of aryl methyl sites for hydroxylation is 1. The maximum Gasteiger partial charge on any atom is 0.0705 e. The standard InChI is InChI=1S/C17H24N2S/c1-4-10-18-17(12-20-5-2)15-8-9-16-14(11-15)7-6-13(3)19-16/h6-9,11,17-18H,4-5,10,12H2,1-3H3. The zero-order valence-corrected chi connectivity index (χ0v) is 13.5. The molecule has 1 unspecified atom stereocenters. The number of hydrogen-bond acceptors (Lipinski definition) is 3. The maximum absolute atomic E-state index is 4.57. The highest BCUT2D eigenvalue weighted by Gasteiger charge is 2.11. The average Bonchev–Trinajstić information content (AvgIpc) is 2.47. The summed E-state index contributed by atoms with van der Waals surface area (Å²) in [7, 11) is 0. The van der Waals surface area contributed by atoms with Crippen molar-refractivity contribution in [2.75, 3.05) is 18.1 Å². The first kappa shape index (κ1) is 15.3. The normalized spacial score (nSPS) is 12.8. The quantitative estimate of drug-likeness (QED) is 0.820. The highest BCUT2D eigenvalue weighted by atomic mass is 32.2. The van der Waals surface area contributed by atoms with Gasteiger partial charge in [-0.3, -0.25) is 4.98 Å². The summed E-state index contributed by atoms with van der Waals surface area (Å²) in [4.78, 5) is 4.57. The van der Waals surface area contributed by atoms with E-state index in [4.69, 9.17) is 0 Å². The van der Waals surface area contributed by atoms with Crippen LogP contribution < -0.4 is 5.32 Å². The fraction of sp³-hybridized carbons (Fsp3) is 0.471. The van der Waals surface area contributed by atoms with E-state index in [1.165, 1.54) is 23.1 Å². The Kier molecular flexibility index (Phi) is 5.86. The van der Waals surface area contributed by atoms with Crippen molar-refractivity contribution in [3.8, 4) is 0 Å². The molecule has 0 saturated heterocycles. The predicted octanol–water partition coefficient (Wildman–Crippen LogP) is 4.34. The van der Waals surface area contributed by atoms with Gasteiger partial charge in [0.15, 0.2) is 0 Å². The summed E-state index contributed by atoms with van der Waals surface area (Å²) < 4.78 is 0. The molecular weight excluding hydrogens is 264 g/mol. The van der Waals surface area contributed by atoms with Crippen LogP contribution in [0.3, 0.4) is 0 Å². The van der Waals surface area contributed by atoms with E-state index in [-0.39, 0.29) is 0 Å². The minimum Gasteiger partial charge on any atom is -0.309 e. The molecule has 2 nitrogen and oxygen atoms in total. The van der Waals surface area contributed by atoms with Crippen LogP contribution >= 0.6 is 11.8 Å². The van der Waals surface area contributed by atoms with Crippen molar-refractivity contribution >= 4 is 22.7 Å². The minimum absolute atomic E-state index is 0.436. The van der Waals surface area contributed by atoms with Gasteiger partial charge in [-0.1, -0.05) is 26.0 Å². The summed E-state index contributed by atoms with van der Waals surface area (Å²) in [6.45, 7) is 7.54. The molecule has 0 radical (unpaired) electrons. The zero-order chi connectivity index (χ0) is 14.4. The average molecular weight is 288 g/mol. The first-order valence-corrected chi connectivity index (χ1v) is 8.58. The minimum atomic E-state index is 0.436. The van der Waals surface area contributed by atoms with E-state index in [0.717, 1.165) is 23.5 Å². The number of thioether (sulfide) groups is 1. The highest BCUT2D eigenvalue weighted by Crippen LogP contribution is 2.22. The van der Waals surface area contributed by atoms with Crippen LogP contribution in [0.15, 0.2) is 30.3 Å². The van der Waals surface area contributed by atoms with Crippen molar-refractivity contribution in [1.82, 2.24) is 10.3 Å². The van der Waals surface area contributed by atoms with Gasteiger partial charge < -0.3 is 5.32 Å². The lowest BCUT2D eigenvalue weighted by Crippen LogP contribution is -2.24. The number of pyridine rings is 1. The summed E-state index contributed by atoms with van der Waals surface area (Å²) in [5, 5.41) is 4.89. The van der Waals surface area contributed by atoms with E-state index in [9.17, 15) is 0 Å². The molecule has 1 aromatic carbocycles. The molecule has 1 heterocycles. The molecule has 3 heteroatoms. The lowest BCUT2D eigenvalue weighted by molar-refractivity contribution is 0.578. The molecule has 0 aliphatic heterocycles. The molecule has 20 heavy (non-hydrogen) atoms. The fourth-order valence-corrected chi connectivity index (χ4v) is 3.07. The van der Waals surface area contributed by atoms with E-state index in [1.807, 2.05) is 18.7 Å². The smallest absolute Gasteiger partial charge is 0.0705 e. The van der Waals surface area contributed by atoms with E-state index in [0.29, 0.717) is 6.04 Å². The Balaban J connectivity index is 2.24. The van der Waals surface area contributed by atoms with Crippen LogP contribution in [-0.2, 0) is 0 Å². The van der Waals surface area contributed by atoms with Crippen molar-refractivity contribution in [1.29, 1.82) is 0 Å². The van der Waals surface area contributed by atoms with Crippen molar-refractivity contribution in [2.24, 2.45) is 0 Å². The van der Waals surface area contributed by atoms with Crippen LogP contribution in [-0.4, -0.2) is 23.0 Å². The molecule has 0 saturated carbocycles. The van der Waals surface area contributed by atoms with E-state index in [1.54, 1.807) is 0 Å². The lowest BCUT2D eigenvalue weighted by Gasteiger charge is -2.19. The number of hydrogen-bond donors (Lipinski definition) is 1. The molecule has 0 bridgehead atoms. The third-order valence-electron chi connectivity index (χ3n) is 3.38. The summed E-state index contributed by atoms with van der Waals surface area (Å²) in [5.74, 6) is 2.29. The molecule has 1 aromatic heterocycles. The van der Waals surface area contributed by atoms with Gasteiger partial charge in [-0.15, -0.1) is 0 Å². The molecule has 1 atom stereocenters. The largest absolute Gasteiger partial charge is 0.309 e. The molecular formula is C17H24N2S. The van der Waals surface area contributed by atoms with Crippen LogP contribution in [0.5, 0.6) is 0 Å². The van der Waals surface area contributed by atoms with Crippen molar-refractivity contribution in [3.63, 3.8) is 0 Å². The summed E-state index contributed by atoms with van der Waals surface area (Å²) in [6, 6.07) is 11.3. The Morgan fingerprint density at radius 2 is 2.05 bits per heavy atom. The van der Waals surface area contributed by atoms with Gasteiger partial charge in [0, 0.05) is 22.9 Å². The second kappa shape index (κ2) is 7.65. The Morgan fingerprint density at radius 1 is 1.20 bits per heavy atom. The van der Waals surface area contributed by atoms with Crippen LogP contribution in [0.2, 0.25) is 0 Å². The van der Waals surface area contributed by atoms with Crippen LogP contribution in [0.25, 0.3) is 10.9 Å². The first-order valence-electron chi connectivity index (χ1n) is 7.43. The van der Waals surface area contributed by atoms with Gasteiger partial charge in [0.2, 0.25) is 0 Å². The first-order chi connectivity index (χ1) is 9.74. The van der Waals surface area contributed by atoms with Crippen LogP contribution in [0.4, 0.5) is 0 Å². The molecule has 2 rings (SSSR count). The Labute approximate surface area is 126 Å². The van der Waals surface area contributed by atoms with Crippen LogP contribution in [0.1, 0.15) is 37.6 Å². The van der Waals surface area contributed by atoms with Gasteiger partial charge in [-0.25, -0.2) is 0 Å². The van der Waals surface area contributed by atoms with Crippen molar-refractivity contribution in [3.05, 3.63) is 41.6 Å². The van der Waals surface area contributed by atoms with Gasteiger partial charge in [-0.05, 0) is 49.4 Å². The topological polar surface area (TPSA) is 24.9 Å². The third-order valence-corrected chi connectivity index (χ3v) is 4.36. The monoisotopic (exact) mass is 288 g/mol. The van der Waals surface area contributed by atoms with Gasteiger partial charge >= 0.3 is 0 Å². The summed E-state index contributed by atoms with van der Waals surface area (Å²) in [6.07, 6.45) is 1.17. The molecule has 1 N–H and O–H groups in total. The van der Waals surface area contributed by atoms with Gasteiger partial charge in [0.1, 0.15) is 0 Å². The van der Waals surface area contributed by atoms with E-state index >= 15 is 0 Å². The number of fused-ring (bicyclic) bond motifs is 1. The SMILES string of the molecule is CCCNC(CSCC)c1ccc2nc(C)ccc2c1. The third kappa shape index (κ3) is 3.97. The Bertz CT molecular complexity index is 546. The van der Waals surface area contributed by atoms with E-state index in [2.05, 4.69) is 54.5 Å². The molecule has 0 aliphatic rings. The van der Waals surface area contributed by atoms with Gasteiger partial charge in [0.05, 0.1) is 5.52 Å². The van der Waals surface area contributed by atoms with Gasteiger partial charge in [-0.2, -0.15) is 11.8 Å². The number of rotatable bonds is 7. The van der Waals surface area contributed by atoms with Crippen LogP contribution in [0, 0.1) is 6.92 Å². The number of benzene rings is 1. The number of nitrogens with one attached hydrogen (secondary N) is 1. The molecule has 0 spiro atoms. The predicted molar refractivity (Wildman–Crippen MR) is 90.5 cm³/mol. The molecule has 0 aliphatic carbocycles. The Morgan fingerprint density at radius 3 is 2.80 bits per heavy atom. The number of aromatic nitrogens is 1. The second-order valence-electron chi connectivity index (χ2n) is 5.07. The lowest BCUT2D eigenvalue weighted by atomic mass is 10.0. The van der Waals surface area contributed by atoms with Gasteiger partial charge in [0.25, 0.3) is 0 Å². The molecule has 0 fully saturated rings. The maximum atomic E-state index is 4.57. The van der Waals surface area contributed by atoms with Crippen molar-refractivity contribution < 1.29 is 0 Å². The second-order valence-corrected chi connectivity index (χ2v) is 6.39. The molecule has 2 aromatic rings. The van der Waals surface area contributed by atoms with E-state index < -0.39 is 0 Å². The Hall–Kier alpha value is -1.06. The highest BCUT2D eigenvalue weighted by molar-refractivity contribution is 7.99. The zero-order valence-electron chi connectivity index (χ0n) is 12.6. The summed E-state index contributed by atoms with van der Waals surface area (Å²) >= 11 is 1.99. The van der Waals surface area contributed by atoms with Crippen molar-refractivity contribution in [2.45, 2.75) is 33.2 Å². The fourth-order valence-electron chi connectivity index (χ4n) is 2.29.